The summed E-state index contributed by atoms with van der Waals surface area (Å²) in [6, 6.07) is 0. The number of nitrogens with zero attached hydrogens (tertiary/aromatic N) is 1. The van der Waals surface area contributed by atoms with Crippen LogP contribution in [0.25, 0.3) is 0 Å². The third-order valence-corrected chi connectivity index (χ3v) is 2.03. The summed E-state index contributed by atoms with van der Waals surface area (Å²) in [7, 11) is 3.55. The Morgan fingerprint density at radius 2 is 2.00 bits per heavy atom. The van der Waals surface area contributed by atoms with Crippen LogP contribution < -0.4 is 5.32 Å². The van der Waals surface area contributed by atoms with Crippen LogP contribution in [0.5, 0.6) is 0 Å². The summed E-state index contributed by atoms with van der Waals surface area (Å²) < 4.78 is 5.38. The highest BCUT2D eigenvalue weighted by Crippen LogP contribution is 1.93. The number of nitrogens with one attached hydrogen (secondary N) is 1. The second-order valence-corrected chi connectivity index (χ2v) is 3.75. The third kappa shape index (κ3) is 9.69. The molecule has 0 saturated carbocycles. The van der Waals surface area contributed by atoms with Crippen molar-refractivity contribution in [3.8, 4) is 0 Å². The number of ether oxygens (including phenoxy) is 1. The Hall–Kier alpha value is -0.610. The highest BCUT2D eigenvalue weighted by Gasteiger charge is 2.02. The molecular weight excluding hydrogens is 192 g/mol. The molecule has 0 fully saturated rings. The van der Waals surface area contributed by atoms with Crippen LogP contribution in [0.3, 0.4) is 0 Å². The van der Waals surface area contributed by atoms with Crippen LogP contribution in [0.4, 0.5) is 0 Å². The fourth-order valence-corrected chi connectivity index (χ4v) is 1.10. The Balaban J connectivity index is 3.08. The van der Waals surface area contributed by atoms with E-state index in [1.807, 2.05) is 0 Å². The van der Waals surface area contributed by atoms with Crippen LogP contribution in [0.15, 0.2) is 0 Å². The lowest BCUT2D eigenvalue weighted by Crippen LogP contribution is -2.22. The first kappa shape index (κ1) is 14.4. The van der Waals surface area contributed by atoms with Gasteiger partial charge in [-0.3, -0.25) is 4.79 Å². The average molecular weight is 216 g/mol. The van der Waals surface area contributed by atoms with Gasteiger partial charge in [-0.2, -0.15) is 0 Å². The van der Waals surface area contributed by atoms with Crippen molar-refractivity contribution in [2.24, 2.45) is 0 Å². The number of hydrogen-bond donors (Lipinski definition) is 1. The standard InChI is InChI=1S/C11H24N2O2/c1-4-7-12-8-10-15-9-5-6-11(14)13(2)3/h12H,4-10H2,1-3H3. The molecule has 90 valence electrons. The largest absolute Gasteiger partial charge is 0.380 e. The molecule has 0 saturated heterocycles. The highest BCUT2D eigenvalue weighted by molar-refractivity contribution is 5.75. The Morgan fingerprint density at radius 1 is 1.27 bits per heavy atom. The van der Waals surface area contributed by atoms with Crippen molar-refractivity contribution in [2.45, 2.75) is 26.2 Å². The van der Waals surface area contributed by atoms with Crippen LogP contribution in [-0.2, 0) is 9.53 Å². The lowest BCUT2D eigenvalue weighted by molar-refractivity contribution is -0.129. The van der Waals surface area contributed by atoms with Crippen molar-refractivity contribution in [1.29, 1.82) is 0 Å². The molecule has 0 unspecified atom stereocenters. The minimum absolute atomic E-state index is 0.169. The van der Waals surface area contributed by atoms with Gasteiger partial charge in [-0.15, -0.1) is 0 Å². The van der Waals surface area contributed by atoms with Crippen molar-refractivity contribution in [3.05, 3.63) is 0 Å². The number of hydrogen-bond acceptors (Lipinski definition) is 3. The molecule has 0 aliphatic heterocycles. The van der Waals surface area contributed by atoms with E-state index >= 15 is 0 Å². The van der Waals surface area contributed by atoms with Crippen molar-refractivity contribution >= 4 is 5.91 Å². The molecule has 0 aliphatic carbocycles. The molecule has 15 heavy (non-hydrogen) atoms. The number of carbonyl (C=O) groups is 1. The Kier molecular flexibility index (Phi) is 9.52. The van der Waals surface area contributed by atoms with Crippen LogP contribution in [0.1, 0.15) is 26.2 Å². The van der Waals surface area contributed by atoms with Gasteiger partial charge in [0.15, 0.2) is 0 Å². The molecule has 4 nitrogen and oxygen atoms in total. The van der Waals surface area contributed by atoms with Gasteiger partial charge in [0.2, 0.25) is 5.91 Å². The zero-order valence-corrected chi connectivity index (χ0v) is 10.2. The van der Waals surface area contributed by atoms with E-state index in [-0.39, 0.29) is 5.91 Å². The van der Waals surface area contributed by atoms with Gasteiger partial charge in [-0.25, -0.2) is 0 Å². The quantitative estimate of drug-likeness (QED) is 0.582. The summed E-state index contributed by atoms with van der Waals surface area (Å²) in [5.74, 6) is 0.169. The first-order valence-corrected chi connectivity index (χ1v) is 5.67. The maximum atomic E-state index is 11.2. The summed E-state index contributed by atoms with van der Waals surface area (Å²) >= 11 is 0. The predicted molar refractivity (Wildman–Crippen MR) is 61.9 cm³/mol. The maximum Gasteiger partial charge on any atom is 0.222 e. The van der Waals surface area contributed by atoms with Gasteiger partial charge >= 0.3 is 0 Å². The smallest absolute Gasteiger partial charge is 0.222 e. The molecular formula is C11H24N2O2. The van der Waals surface area contributed by atoms with E-state index in [0.29, 0.717) is 13.0 Å². The van der Waals surface area contributed by atoms with E-state index in [1.54, 1.807) is 19.0 Å². The van der Waals surface area contributed by atoms with Crippen LogP contribution in [0.2, 0.25) is 0 Å². The molecule has 4 heteroatoms. The van der Waals surface area contributed by atoms with Gasteiger partial charge in [0, 0.05) is 33.7 Å². The van der Waals surface area contributed by atoms with E-state index in [2.05, 4.69) is 12.2 Å². The molecule has 0 rings (SSSR count). The monoisotopic (exact) mass is 216 g/mol. The maximum absolute atomic E-state index is 11.2. The molecule has 0 heterocycles. The van der Waals surface area contributed by atoms with Crippen molar-refractivity contribution < 1.29 is 9.53 Å². The van der Waals surface area contributed by atoms with E-state index in [0.717, 1.165) is 32.5 Å². The van der Waals surface area contributed by atoms with Gasteiger partial charge in [0.1, 0.15) is 0 Å². The molecule has 1 N–H and O–H groups in total. The van der Waals surface area contributed by atoms with Crippen LogP contribution >= 0.6 is 0 Å². The summed E-state index contributed by atoms with van der Waals surface area (Å²) in [4.78, 5) is 12.8. The van der Waals surface area contributed by atoms with Gasteiger partial charge in [-0.1, -0.05) is 6.92 Å². The minimum atomic E-state index is 0.169. The summed E-state index contributed by atoms with van der Waals surface area (Å²) in [5.41, 5.74) is 0. The molecule has 0 bridgehead atoms. The van der Waals surface area contributed by atoms with Gasteiger partial charge in [-0.05, 0) is 19.4 Å². The van der Waals surface area contributed by atoms with Gasteiger partial charge < -0.3 is 15.0 Å². The fraction of sp³-hybridized carbons (Fsp3) is 0.909. The fourth-order valence-electron chi connectivity index (χ4n) is 1.10. The number of amides is 1. The van der Waals surface area contributed by atoms with Crippen LogP contribution in [0, 0.1) is 0 Å². The molecule has 0 aromatic heterocycles. The lowest BCUT2D eigenvalue weighted by atomic mass is 10.3. The van der Waals surface area contributed by atoms with Gasteiger partial charge in [0.25, 0.3) is 0 Å². The minimum Gasteiger partial charge on any atom is -0.380 e. The van der Waals surface area contributed by atoms with Gasteiger partial charge in [0.05, 0.1) is 6.61 Å². The normalized spacial score (nSPS) is 10.3. The number of rotatable bonds is 9. The molecule has 0 radical (unpaired) electrons. The first-order chi connectivity index (χ1) is 7.18. The van der Waals surface area contributed by atoms with Crippen LogP contribution in [-0.4, -0.2) is 51.2 Å². The Morgan fingerprint density at radius 3 is 2.60 bits per heavy atom. The Bertz CT molecular complexity index is 161. The SMILES string of the molecule is CCCNCCOCCCC(=O)N(C)C. The van der Waals surface area contributed by atoms with E-state index in [1.165, 1.54) is 0 Å². The molecule has 0 aliphatic rings. The zero-order chi connectivity index (χ0) is 11.5. The summed E-state index contributed by atoms with van der Waals surface area (Å²) in [6.45, 7) is 5.49. The van der Waals surface area contributed by atoms with Crippen molar-refractivity contribution in [1.82, 2.24) is 10.2 Å². The summed E-state index contributed by atoms with van der Waals surface area (Å²) in [6.07, 6.45) is 2.54. The molecule has 0 atom stereocenters. The molecule has 0 aromatic carbocycles. The van der Waals surface area contributed by atoms with Crippen molar-refractivity contribution in [2.75, 3.05) is 40.4 Å². The van der Waals surface area contributed by atoms with E-state index in [4.69, 9.17) is 4.74 Å². The Labute approximate surface area is 93.0 Å². The first-order valence-electron chi connectivity index (χ1n) is 5.67. The average Bonchev–Trinajstić information content (AvgIpc) is 2.21. The van der Waals surface area contributed by atoms with E-state index < -0.39 is 0 Å². The predicted octanol–water partition coefficient (Wildman–Crippen LogP) is 0.871. The second kappa shape index (κ2) is 9.93. The molecule has 0 aromatic rings. The highest BCUT2D eigenvalue weighted by atomic mass is 16.5. The lowest BCUT2D eigenvalue weighted by Gasteiger charge is -2.10. The zero-order valence-electron chi connectivity index (χ0n) is 10.2. The molecule has 1 amide bonds. The molecule has 0 spiro atoms. The second-order valence-electron chi connectivity index (χ2n) is 3.75. The van der Waals surface area contributed by atoms with Crippen molar-refractivity contribution in [3.63, 3.8) is 0 Å². The third-order valence-electron chi connectivity index (χ3n) is 2.03. The number of carbonyl (C=O) groups excluding carboxylic acids is 1. The van der Waals surface area contributed by atoms with E-state index in [9.17, 15) is 4.79 Å². The summed E-state index contributed by atoms with van der Waals surface area (Å²) in [5, 5.41) is 3.25. The topological polar surface area (TPSA) is 41.6 Å².